The van der Waals surface area contributed by atoms with Crippen molar-refractivity contribution in [2.75, 3.05) is 6.54 Å². The number of nitrogens with zero attached hydrogens (tertiary/aromatic N) is 1. The van der Waals surface area contributed by atoms with Crippen LogP contribution in [0.5, 0.6) is 0 Å². The van der Waals surface area contributed by atoms with Crippen molar-refractivity contribution in [3.8, 4) is 0 Å². The van der Waals surface area contributed by atoms with Crippen molar-refractivity contribution in [3.05, 3.63) is 35.6 Å². The smallest absolute Gasteiger partial charge is 0.326 e. The van der Waals surface area contributed by atoms with Gasteiger partial charge >= 0.3 is 5.97 Å². The predicted octanol–water partition coefficient (Wildman–Crippen LogP) is 2.83. The van der Waals surface area contributed by atoms with Crippen LogP contribution < -0.4 is 0 Å². The number of hydrogen-bond donors (Lipinski definition) is 0. The summed E-state index contributed by atoms with van der Waals surface area (Å²) in [4.78, 5) is 25.3. The fourth-order valence-corrected chi connectivity index (χ4v) is 2.51. The minimum absolute atomic E-state index is 0.144. The molecule has 1 amide bonds. The number of ether oxygens (including phenoxy) is 1. The normalized spacial score (nSPS) is 19.0. The molecule has 0 N–H and O–H groups in total. The standard InChI is InChI=1S/C16H20FNO3/c1-16(2,3)21-15(20)10-18-13(8-9-14(18)19)11-6-4-5-7-12(11)17/h4-7,13H,8-10H2,1-3H3. The van der Waals surface area contributed by atoms with E-state index in [2.05, 4.69) is 0 Å². The van der Waals surface area contributed by atoms with E-state index in [9.17, 15) is 14.0 Å². The Kier molecular flexibility index (Phi) is 4.30. The van der Waals surface area contributed by atoms with Crippen molar-refractivity contribution in [2.45, 2.75) is 45.3 Å². The third kappa shape index (κ3) is 3.80. The Morgan fingerprint density at radius 3 is 2.67 bits per heavy atom. The van der Waals surface area contributed by atoms with Gasteiger partial charge in [0.2, 0.25) is 5.91 Å². The van der Waals surface area contributed by atoms with Gasteiger partial charge < -0.3 is 9.64 Å². The van der Waals surface area contributed by atoms with Crippen LogP contribution in [-0.2, 0) is 14.3 Å². The summed E-state index contributed by atoms with van der Waals surface area (Å²) in [5.74, 6) is -0.973. The van der Waals surface area contributed by atoms with Crippen molar-refractivity contribution in [3.63, 3.8) is 0 Å². The number of carbonyl (C=O) groups excluding carboxylic acids is 2. The summed E-state index contributed by atoms with van der Waals surface area (Å²) >= 11 is 0. The molecule has 1 atom stereocenters. The lowest BCUT2D eigenvalue weighted by Gasteiger charge is -2.27. The lowest BCUT2D eigenvalue weighted by molar-refractivity contribution is -0.158. The van der Waals surface area contributed by atoms with Crippen molar-refractivity contribution < 1.29 is 18.7 Å². The number of hydrogen-bond acceptors (Lipinski definition) is 3. The predicted molar refractivity (Wildman–Crippen MR) is 75.9 cm³/mol. The van der Waals surface area contributed by atoms with E-state index >= 15 is 0 Å². The molecule has 2 rings (SSSR count). The number of carbonyl (C=O) groups is 2. The molecule has 0 spiro atoms. The van der Waals surface area contributed by atoms with Crippen LogP contribution in [0.1, 0.15) is 45.2 Å². The fraction of sp³-hybridized carbons (Fsp3) is 0.500. The van der Waals surface area contributed by atoms with Gasteiger partial charge in [-0.15, -0.1) is 0 Å². The summed E-state index contributed by atoms with van der Waals surface area (Å²) in [7, 11) is 0. The summed E-state index contributed by atoms with van der Waals surface area (Å²) < 4.78 is 19.1. The molecule has 1 fully saturated rings. The summed E-state index contributed by atoms with van der Waals surface area (Å²) in [5.41, 5.74) is -0.153. The zero-order valence-corrected chi connectivity index (χ0v) is 12.6. The number of halogens is 1. The molecule has 0 aromatic heterocycles. The first kappa shape index (κ1) is 15.5. The van der Waals surface area contributed by atoms with Gasteiger partial charge in [-0.3, -0.25) is 9.59 Å². The van der Waals surface area contributed by atoms with E-state index in [1.54, 1.807) is 39.0 Å². The number of likely N-dealkylation sites (tertiary alicyclic amines) is 1. The van der Waals surface area contributed by atoms with Gasteiger partial charge in [0.25, 0.3) is 0 Å². The van der Waals surface area contributed by atoms with E-state index in [1.165, 1.54) is 11.0 Å². The summed E-state index contributed by atoms with van der Waals surface area (Å²) in [6.45, 7) is 5.16. The molecule has 0 bridgehead atoms. The molecular formula is C16H20FNO3. The Morgan fingerprint density at radius 1 is 1.38 bits per heavy atom. The molecule has 0 aliphatic carbocycles. The zero-order valence-electron chi connectivity index (χ0n) is 12.6. The largest absolute Gasteiger partial charge is 0.459 e. The van der Waals surface area contributed by atoms with Crippen LogP contribution in [0, 0.1) is 5.82 Å². The van der Waals surface area contributed by atoms with Gasteiger partial charge in [0.05, 0.1) is 6.04 Å². The average molecular weight is 293 g/mol. The molecule has 114 valence electrons. The van der Waals surface area contributed by atoms with Crippen LogP contribution in [0.15, 0.2) is 24.3 Å². The molecule has 1 aromatic rings. The zero-order chi connectivity index (χ0) is 15.6. The maximum Gasteiger partial charge on any atom is 0.326 e. The topological polar surface area (TPSA) is 46.6 Å². The minimum atomic E-state index is -0.604. The lowest BCUT2D eigenvalue weighted by atomic mass is 10.0. The third-order valence-corrected chi connectivity index (χ3v) is 3.31. The monoisotopic (exact) mass is 293 g/mol. The van der Waals surface area contributed by atoms with Crippen LogP contribution in [0.3, 0.4) is 0 Å². The maximum atomic E-state index is 13.9. The highest BCUT2D eigenvalue weighted by atomic mass is 19.1. The van der Waals surface area contributed by atoms with Gasteiger partial charge in [-0.1, -0.05) is 18.2 Å². The first-order valence-electron chi connectivity index (χ1n) is 7.03. The van der Waals surface area contributed by atoms with Gasteiger partial charge in [-0.05, 0) is 33.3 Å². The highest BCUT2D eigenvalue weighted by Crippen LogP contribution is 2.34. The molecule has 1 aliphatic heterocycles. The first-order chi connectivity index (χ1) is 9.78. The van der Waals surface area contributed by atoms with Crippen molar-refractivity contribution >= 4 is 11.9 Å². The number of rotatable bonds is 3. The second-order valence-electron chi connectivity index (χ2n) is 6.18. The van der Waals surface area contributed by atoms with E-state index in [0.717, 1.165) is 0 Å². The molecule has 1 aromatic carbocycles. The van der Waals surface area contributed by atoms with Crippen LogP contribution in [0.25, 0.3) is 0 Å². The van der Waals surface area contributed by atoms with Crippen molar-refractivity contribution in [1.82, 2.24) is 4.90 Å². The SMILES string of the molecule is CC(C)(C)OC(=O)CN1C(=O)CCC1c1ccccc1F. The van der Waals surface area contributed by atoms with E-state index < -0.39 is 17.6 Å². The Morgan fingerprint density at radius 2 is 2.05 bits per heavy atom. The summed E-state index contributed by atoms with van der Waals surface area (Å²) in [6.07, 6.45) is 0.838. The number of benzene rings is 1. The Labute approximate surface area is 123 Å². The van der Waals surface area contributed by atoms with Crippen LogP contribution in [-0.4, -0.2) is 28.9 Å². The van der Waals surface area contributed by atoms with Crippen LogP contribution >= 0.6 is 0 Å². The quantitative estimate of drug-likeness (QED) is 0.805. The molecule has 0 radical (unpaired) electrons. The van der Waals surface area contributed by atoms with Crippen LogP contribution in [0.4, 0.5) is 4.39 Å². The molecule has 4 nitrogen and oxygen atoms in total. The fourth-order valence-electron chi connectivity index (χ4n) is 2.51. The molecule has 0 saturated carbocycles. The minimum Gasteiger partial charge on any atom is -0.459 e. The molecular weight excluding hydrogens is 273 g/mol. The van der Waals surface area contributed by atoms with Gasteiger partial charge in [-0.25, -0.2) is 4.39 Å². The number of esters is 1. The summed E-state index contributed by atoms with van der Waals surface area (Å²) in [5, 5.41) is 0. The molecule has 1 heterocycles. The maximum absolute atomic E-state index is 13.9. The lowest BCUT2D eigenvalue weighted by Crippen LogP contribution is -2.37. The molecule has 1 aliphatic rings. The van der Waals surface area contributed by atoms with Crippen molar-refractivity contribution in [1.29, 1.82) is 0 Å². The van der Waals surface area contributed by atoms with E-state index in [-0.39, 0.29) is 18.3 Å². The number of amides is 1. The van der Waals surface area contributed by atoms with Gasteiger partial charge in [0, 0.05) is 12.0 Å². The third-order valence-electron chi connectivity index (χ3n) is 3.31. The van der Waals surface area contributed by atoms with Crippen LogP contribution in [0.2, 0.25) is 0 Å². The molecule has 21 heavy (non-hydrogen) atoms. The highest BCUT2D eigenvalue weighted by molar-refractivity contribution is 5.84. The molecule has 1 unspecified atom stereocenters. The van der Waals surface area contributed by atoms with E-state index in [0.29, 0.717) is 18.4 Å². The second kappa shape index (κ2) is 5.84. The van der Waals surface area contributed by atoms with E-state index in [1.807, 2.05) is 0 Å². The molecule has 5 heteroatoms. The Balaban J connectivity index is 2.15. The average Bonchev–Trinajstić information content (AvgIpc) is 2.69. The second-order valence-corrected chi connectivity index (χ2v) is 6.18. The van der Waals surface area contributed by atoms with E-state index in [4.69, 9.17) is 4.74 Å². The van der Waals surface area contributed by atoms with Gasteiger partial charge in [0.1, 0.15) is 18.0 Å². The highest BCUT2D eigenvalue weighted by Gasteiger charge is 2.35. The Bertz CT molecular complexity index is 551. The molecule has 1 saturated heterocycles. The van der Waals surface area contributed by atoms with Gasteiger partial charge in [0.15, 0.2) is 0 Å². The first-order valence-corrected chi connectivity index (χ1v) is 7.03. The van der Waals surface area contributed by atoms with Gasteiger partial charge in [-0.2, -0.15) is 0 Å². The summed E-state index contributed by atoms with van der Waals surface area (Å²) in [6, 6.07) is 5.96. The van der Waals surface area contributed by atoms with Crippen molar-refractivity contribution in [2.24, 2.45) is 0 Å². The Hall–Kier alpha value is -1.91.